The Bertz CT molecular complexity index is 1030. The van der Waals surface area contributed by atoms with Crippen molar-refractivity contribution in [3.05, 3.63) is 78.5 Å². The zero-order valence-corrected chi connectivity index (χ0v) is 13.6. The summed E-state index contributed by atoms with van der Waals surface area (Å²) in [6.07, 6.45) is 9.09. The Kier molecular flexibility index (Phi) is 3.85. The summed E-state index contributed by atoms with van der Waals surface area (Å²) < 4.78 is 1.83. The number of aromatic amines is 1. The van der Waals surface area contributed by atoms with Gasteiger partial charge in [0.2, 0.25) is 0 Å². The molecule has 0 spiro atoms. The maximum absolute atomic E-state index is 4.62. The van der Waals surface area contributed by atoms with Gasteiger partial charge >= 0.3 is 0 Å². The molecule has 4 aromatic rings. The Hall–Kier alpha value is -3.65. The van der Waals surface area contributed by atoms with Gasteiger partial charge < -0.3 is 0 Å². The molecule has 4 rings (SSSR count). The smallest absolute Gasteiger partial charge is 0.100 e. The van der Waals surface area contributed by atoms with E-state index in [9.17, 15) is 0 Å². The predicted molar refractivity (Wildman–Crippen MR) is 96.4 cm³/mol. The second kappa shape index (κ2) is 6.46. The highest BCUT2D eigenvalue weighted by Gasteiger charge is 2.11. The topological polar surface area (TPSA) is 59.4 Å². The third kappa shape index (κ3) is 3.19. The first-order valence-corrected chi connectivity index (χ1v) is 7.85. The molecule has 0 atom stereocenters. The van der Waals surface area contributed by atoms with Gasteiger partial charge in [-0.1, -0.05) is 24.0 Å². The fraction of sp³-hybridized carbons (Fsp3) is 0.0500. The molecule has 0 unspecified atom stereocenters. The van der Waals surface area contributed by atoms with Gasteiger partial charge in [0, 0.05) is 48.5 Å². The minimum absolute atomic E-state index is 0.869. The zero-order valence-electron chi connectivity index (χ0n) is 13.6. The molecule has 0 radical (unpaired) electrons. The Labute approximate surface area is 145 Å². The highest BCUT2D eigenvalue weighted by Crippen LogP contribution is 2.30. The lowest BCUT2D eigenvalue weighted by Gasteiger charge is -2.02. The molecule has 3 aromatic heterocycles. The van der Waals surface area contributed by atoms with Crippen LogP contribution in [0.1, 0.15) is 11.1 Å². The molecule has 0 aliphatic carbocycles. The number of H-pyrrole nitrogens is 1. The summed E-state index contributed by atoms with van der Waals surface area (Å²) in [5.41, 5.74) is 6.01. The highest BCUT2D eigenvalue weighted by atomic mass is 15.2. The van der Waals surface area contributed by atoms with Gasteiger partial charge in [-0.3, -0.25) is 14.8 Å². The van der Waals surface area contributed by atoms with E-state index in [-0.39, 0.29) is 0 Å². The van der Waals surface area contributed by atoms with Gasteiger partial charge in [0.15, 0.2) is 0 Å². The molecular weight excluding hydrogens is 310 g/mol. The third-order valence-corrected chi connectivity index (χ3v) is 3.83. The molecule has 0 aliphatic rings. The number of hydrogen-bond donors (Lipinski definition) is 1. The Morgan fingerprint density at radius 3 is 2.40 bits per heavy atom. The van der Waals surface area contributed by atoms with Crippen LogP contribution in [0.3, 0.4) is 0 Å². The Balaban J connectivity index is 1.67. The van der Waals surface area contributed by atoms with E-state index >= 15 is 0 Å². The van der Waals surface area contributed by atoms with Crippen LogP contribution in [-0.2, 0) is 7.05 Å². The van der Waals surface area contributed by atoms with E-state index in [1.165, 1.54) is 0 Å². The molecule has 0 fully saturated rings. The second-order valence-electron chi connectivity index (χ2n) is 5.62. The van der Waals surface area contributed by atoms with Crippen LogP contribution in [0.15, 0.2) is 67.4 Å². The SMILES string of the molecule is Cn1cc(-c2ccncc2)c(-c2ccc(C#Cc3cn[nH]c3)cc2)n1. The fourth-order valence-electron chi connectivity index (χ4n) is 2.62. The first-order valence-electron chi connectivity index (χ1n) is 7.85. The summed E-state index contributed by atoms with van der Waals surface area (Å²) in [7, 11) is 1.93. The van der Waals surface area contributed by atoms with Gasteiger partial charge in [-0.05, 0) is 29.8 Å². The number of aryl methyl sites for hydroxylation is 1. The Morgan fingerprint density at radius 2 is 1.68 bits per heavy atom. The minimum Gasteiger partial charge on any atom is -0.284 e. The van der Waals surface area contributed by atoms with Crippen molar-refractivity contribution in [1.82, 2.24) is 25.0 Å². The summed E-state index contributed by atoms with van der Waals surface area (Å²) in [5, 5.41) is 11.3. The maximum atomic E-state index is 4.62. The van der Waals surface area contributed by atoms with E-state index in [2.05, 4.69) is 32.1 Å². The monoisotopic (exact) mass is 325 g/mol. The summed E-state index contributed by atoms with van der Waals surface area (Å²) in [4.78, 5) is 4.08. The van der Waals surface area contributed by atoms with Gasteiger partial charge in [0.1, 0.15) is 5.69 Å². The molecule has 3 heterocycles. The lowest BCUT2D eigenvalue weighted by atomic mass is 10.0. The van der Waals surface area contributed by atoms with Crippen LogP contribution in [0, 0.1) is 11.8 Å². The Morgan fingerprint density at radius 1 is 0.920 bits per heavy atom. The van der Waals surface area contributed by atoms with E-state index in [0.29, 0.717) is 0 Å². The van der Waals surface area contributed by atoms with E-state index in [1.807, 2.05) is 54.3 Å². The van der Waals surface area contributed by atoms with Crippen LogP contribution in [0.4, 0.5) is 0 Å². The van der Waals surface area contributed by atoms with E-state index < -0.39 is 0 Å². The molecule has 5 heteroatoms. The number of hydrogen-bond acceptors (Lipinski definition) is 3. The summed E-state index contributed by atoms with van der Waals surface area (Å²) in [5.74, 6) is 6.20. The lowest BCUT2D eigenvalue weighted by molar-refractivity contribution is 0.771. The van der Waals surface area contributed by atoms with Crippen molar-refractivity contribution in [3.8, 4) is 34.2 Å². The molecule has 1 aromatic carbocycles. The van der Waals surface area contributed by atoms with Gasteiger partial charge in [-0.2, -0.15) is 10.2 Å². The van der Waals surface area contributed by atoms with Crippen LogP contribution in [0.5, 0.6) is 0 Å². The van der Waals surface area contributed by atoms with E-state index in [1.54, 1.807) is 24.8 Å². The average Bonchev–Trinajstić information content (AvgIpc) is 3.31. The van der Waals surface area contributed by atoms with Crippen molar-refractivity contribution in [1.29, 1.82) is 0 Å². The molecule has 0 bridgehead atoms. The number of rotatable bonds is 2. The first kappa shape index (κ1) is 14.9. The number of aromatic nitrogens is 5. The third-order valence-electron chi connectivity index (χ3n) is 3.83. The zero-order chi connectivity index (χ0) is 17.1. The summed E-state index contributed by atoms with van der Waals surface area (Å²) in [6.45, 7) is 0. The molecule has 0 amide bonds. The fourth-order valence-corrected chi connectivity index (χ4v) is 2.62. The first-order chi connectivity index (χ1) is 12.3. The normalized spacial score (nSPS) is 10.3. The van der Waals surface area contributed by atoms with Crippen LogP contribution in [-0.4, -0.2) is 25.0 Å². The number of pyridine rings is 1. The molecule has 0 saturated carbocycles. The van der Waals surface area contributed by atoms with Crippen molar-refractivity contribution in [2.24, 2.45) is 7.05 Å². The number of benzene rings is 1. The van der Waals surface area contributed by atoms with Crippen molar-refractivity contribution in [2.75, 3.05) is 0 Å². The molecular formula is C20H15N5. The van der Waals surface area contributed by atoms with Crippen LogP contribution in [0.25, 0.3) is 22.4 Å². The predicted octanol–water partition coefficient (Wildman–Crippen LogP) is 3.27. The van der Waals surface area contributed by atoms with Crippen molar-refractivity contribution in [3.63, 3.8) is 0 Å². The number of nitrogens with zero attached hydrogens (tertiary/aromatic N) is 4. The second-order valence-corrected chi connectivity index (χ2v) is 5.62. The molecule has 0 aliphatic heterocycles. The molecule has 5 nitrogen and oxygen atoms in total. The van der Waals surface area contributed by atoms with E-state index in [0.717, 1.165) is 33.5 Å². The van der Waals surface area contributed by atoms with Crippen molar-refractivity contribution in [2.45, 2.75) is 0 Å². The van der Waals surface area contributed by atoms with Crippen molar-refractivity contribution >= 4 is 0 Å². The summed E-state index contributed by atoms with van der Waals surface area (Å²) in [6, 6.07) is 12.1. The minimum atomic E-state index is 0.869. The molecule has 120 valence electrons. The number of nitrogens with one attached hydrogen (secondary N) is 1. The van der Waals surface area contributed by atoms with Gasteiger partial charge in [-0.25, -0.2) is 0 Å². The van der Waals surface area contributed by atoms with Gasteiger partial charge in [-0.15, -0.1) is 0 Å². The van der Waals surface area contributed by atoms with Gasteiger partial charge in [0.25, 0.3) is 0 Å². The largest absolute Gasteiger partial charge is 0.284 e. The molecule has 0 saturated heterocycles. The average molecular weight is 325 g/mol. The van der Waals surface area contributed by atoms with Gasteiger partial charge in [0.05, 0.1) is 11.8 Å². The quantitative estimate of drug-likeness (QED) is 0.575. The highest BCUT2D eigenvalue weighted by molar-refractivity contribution is 5.80. The maximum Gasteiger partial charge on any atom is 0.100 e. The van der Waals surface area contributed by atoms with Crippen molar-refractivity contribution < 1.29 is 0 Å². The van der Waals surface area contributed by atoms with Crippen LogP contribution in [0.2, 0.25) is 0 Å². The molecule has 25 heavy (non-hydrogen) atoms. The summed E-state index contributed by atoms with van der Waals surface area (Å²) >= 11 is 0. The molecule has 1 N–H and O–H groups in total. The standard InChI is InChI=1S/C20H15N5/c1-25-14-19(17-8-10-21-11-9-17)20(24-25)18-6-4-15(5-7-18)2-3-16-12-22-23-13-16/h4-14H,1H3,(H,22,23). The lowest BCUT2D eigenvalue weighted by Crippen LogP contribution is -1.88. The van der Waals surface area contributed by atoms with Crippen LogP contribution >= 0.6 is 0 Å². The van der Waals surface area contributed by atoms with Crippen LogP contribution < -0.4 is 0 Å². The van der Waals surface area contributed by atoms with E-state index in [4.69, 9.17) is 0 Å².